The van der Waals surface area contributed by atoms with E-state index in [1.54, 1.807) is 0 Å². The molecule has 0 amide bonds. The second-order valence-electron chi connectivity index (χ2n) is 7.73. The van der Waals surface area contributed by atoms with Crippen LogP contribution in [0, 0.1) is 0 Å². The number of rotatable bonds is 10. The van der Waals surface area contributed by atoms with Crippen molar-refractivity contribution >= 4 is 29.6 Å². The first-order valence-electron chi connectivity index (χ1n) is 10.4. The van der Waals surface area contributed by atoms with Crippen molar-refractivity contribution in [1.82, 2.24) is 5.01 Å². The second-order valence-corrected chi connectivity index (χ2v) is 7.73. The number of hydrogen-bond donors (Lipinski definition) is 2. The molecule has 0 bridgehead atoms. The van der Waals surface area contributed by atoms with Gasteiger partial charge in [0.2, 0.25) is 0 Å². The van der Waals surface area contributed by atoms with Gasteiger partial charge in [-0.3, -0.25) is 5.01 Å². The molecule has 0 fully saturated rings. The highest BCUT2D eigenvalue weighted by Gasteiger charge is 2.45. The van der Waals surface area contributed by atoms with Crippen molar-refractivity contribution in [2.45, 2.75) is 39.8 Å². The number of para-hydroxylation sites is 2. The summed E-state index contributed by atoms with van der Waals surface area (Å²) in [6, 6.07) is 20.7. The van der Waals surface area contributed by atoms with E-state index < -0.39 is 0 Å². The Balaban J connectivity index is 1.60. The Morgan fingerprint density at radius 2 is 1.60 bits per heavy atom. The van der Waals surface area contributed by atoms with E-state index in [1.807, 2.05) is 78.1 Å². The Kier molecular flexibility index (Phi) is 7.19. The van der Waals surface area contributed by atoms with Crippen LogP contribution in [0.4, 0.5) is 11.4 Å². The molecule has 7 heteroatoms. The number of nitrogens with one attached hydrogen (secondary N) is 2. The van der Waals surface area contributed by atoms with Gasteiger partial charge in [0.25, 0.3) is 5.84 Å². The molecule has 2 aromatic rings. The lowest BCUT2D eigenvalue weighted by Crippen LogP contribution is -2.63. The largest absolute Gasteiger partial charge is 0.367 e. The van der Waals surface area contributed by atoms with Gasteiger partial charge in [-0.2, -0.15) is 5.10 Å². The summed E-state index contributed by atoms with van der Waals surface area (Å²) in [4.78, 5) is 4.73. The van der Waals surface area contributed by atoms with Gasteiger partial charge in [0.05, 0.1) is 12.2 Å². The standard InChI is InChI=1S/C23H32N7/c1-19(2)29(18-25-21-11-7-5-8-12-21)26-16-15-24-23-17-27-30(23,20(3)4)28-22-13-9-6-10-14-22/h5-14,16-17,19-20,25,28H,15,18H2,1-4H3/q+1/b24-23?,26-16-. The SMILES string of the molecule is CC(C)N(CNc1ccccc1)/N=C\CN=C1C=N[N+]1(Nc1ccccc1)C(C)C. The quantitative estimate of drug-likeness (QED) is 0.266. The Morgan fingerprint density at radius 3 is 2.13 bits per heavy atom. The van der Waals surface area contributed by atoms with Crippen LogP contribution in [-0.4, -0.2) is 53.3 Å². The van der Waals surface area contributed by atoms with Crippen LogP contribution in [-0.2, 0) is 0 Å². The van der Waals surface area contributed by atoms with Gasteiger partial charge in [-0.05, 0) is 57.1 Å². The normalized spacial score (nSPS) is 19.5. The molecule has 1 aliphatic rings. The molecule has 30 heavy (non-hydrogen) atoms. The Bertz CT molecular complexity index is 875. The minimum atomic E-state index is 0.216. The van der Waals surface area contributed by atoms with Crippen LogP contribution in [0.3, 0.4) is 0 Å². The molecule has 0 saturated carbocycles. The van der Waals surface area contributed by atoms with Crippen LogP contribution in [0.1, 0.15) is 27.7 Å². The minimum Gasteiger partial charge on any atom is -0.367 e. The van der Waals surface area contributed by atoms with E-state index in [0.29, 0.717) is 17.9 Å². The lowest BCUT2D eigenvalue weighted by molar-refractivity contribution is -0.855. The van der Waals surface area contributed by atoms with Crippen molar-refractivity contribution < 1.29 is 4.70 Å². The molecule has 3 rings (SSSR count). The maximum atomic E-state index is 4.73. The Hall–Kier alpha value is -3.19. The fraction of sp³-hybridized carbons (Fsp3) is 0.348. The number of benzene rings is 2. The van der Waals surface area contributed by atoms with Gasteiger partial charge in [0, 0.05) is 17.9 Å². The number of quaternary nitrogens is 1. The average molecular weight is 407 g/mol. The fourth-order valence-electron chi connectivity index (χ4n) is 3.07. The second kappa shape index (κ2) is 10.0. The molecule has 2 N–H and O–H groups in total. The van der Waals surface area contributed by atoms with Crippen molar-refractivity contribution in [1.29, 1.82) is 0 Å². The monoisotopic (exact) mass is 406 g/mol. The number of amidine groups is 1. The van der Waals surface area contributed by atoms with Gasteiger partial charge in [0.15, 0.2) is 6.21 Å². The van der Waals surface area contributed by atoms with Gasteiger partial charge < -0.3 is 5.32 Å². The number of anilines is 2. The number of nitrogens with zero attached hydrogens (tertiary/aromatic N) is 5. The number of hydrazone groups is 1. The van der Waals surface area contributed by atoms with Crippen LogP contribution in [0.25, 0.3) is 0 Å². The first-order chi connectivity index (χ1) is 14.5. The molecule has 1 unspecified atom stereocenters. The third kappa shape index (κ3) is 5.24. The van der Waals surface area contributed by atoms with Crippen LogP contribution in [0.15, 0.2) is 75.9 Å². The van der Waals surface area contributed by atoms with E-state index in [1.165, 1.54) is 0 Å². The first kappa shape index (κ1) is 21.5. The molecule has 1 atom stereocenters. The van der Waals surface area contributed by atoms with E-state index in [4.69, 9.17) is 4.99 Å². The topological polar surface area (TPSA) is 64.4 Å². The van der Waals surface area contributed by atoms with Gasteiger partial charge in [-0.25, -0.2) is 10.4 Å². The third-order valence-electron chi connectivity index (χ3n) is 4.91. The molecule has 0 saturated heterocycles. The number of hydrogen-bond acceptors (Lipinski definition) is 6. The van der Waals surface area contributed by atoms with Gasteiger partial charge in [0.1, 0.15) is 12.7 Å². The minimum absolute atomic E-state index is 0.216. The van der Waals surface area contributed by atoms with Crippen molar-refractivity contribution in [3.8, 4) is 0 Å². The van der Waals surface area contributed by atoms with Crippen molar-refractivity contribution in [2.24, 2.45) is 15.2 Å². The zero-order valence-corrected chi connectivity index (χ0v) is 18.2. The molecule has 0 spiro atoms. The molecular weight excluding hydrogens is 374 g/mol. The summed E-state index contributed by atoms with van der Waals surface area (Å²) in [5.41, 5.74) is 5.59. The zero-order valence-electron chi connectivity index (χ0n) is 18.2. The van der Waals surface area contributed by atoms with E-state index in [9.17, 15) is 0 Å². The highest BCUT2D eigenvalue weighted by Crippen LogP contribution is 2.24. The molecule has 0 aliphatic carbocycles. The zero-order chi connectivity index (χ0) is 21.4. The van der Waals surface area contributed by atoms with Gasteiger partial charge in [-0.1, -0.05) is 41.1 Å². The molecule has 1 aliphatic heterocycles. The highest BCUT2D eigenvalue weighted by molar-refractivity contribution is 6.29. The molecule has 7 nitrogen and oxygen atoms in total. The molecule has 0 radical (unpaired) electrons. The third-order valence-corrected chi connectivity index (χ3v) is 4.91. The van der Waals surface area contributed by atoms with Crippen LogP contribution >= 0.6 is 0 Å². The summed E-state index contributed by atoms with van der Waals surface area (Å²) < 4.78 is 0.293. The maximum absolute atomic E-state index is 4.73. The average Bonchev–Trinajstić information content (AvgIpc) is 2.74. The Labute approximate surface area is 179 Å². The summed E-state index contributed by atoms with van der Waals surface area (Å²) >= 11 is 0. The first-order valence-corrected chi connectivity index (χ1v) is 10.4. The summed E-state index contributed by atoms with van der Waals surface area (Å²) in [6.45, 7) is 9.65. The summed E-state index contributed by atoms with van der Waals surface area (Å²) in [7, 11) is 0. The summed E-state index contributed by atoms with van der Waals surface area (Å²) in [6.07, 6.45) is 3.67. The Morgan fingerprint density at radius 1 is 0.967 bits per heavy atom. The maximum Gasteiger partial charge on any atom is 0.300 e. The number of aliphatic imine (C=N–C) groups is 1. The lowest BCUT2D eigenvalue weighted by atomic mass is 10.3. The highest BCUT2D eigenvalue weighted by atomic mass is 15.9. The molecule has 158 valence electrons. The van der Waals surface area contributed by atoms with E-state index >= 15 is 0 Å². The summed E-state index contributed by atoms with van der Waals surface area (Å²) in [5, 5.41) is 14.6. The van der Waals surface area contributed by atoms with Crippen LogP contribution in [0.5, 0.6) is 0 Å². The van der Waals surface area contributed by atoms with Crippen LogP contribution < -0.4 is 10.7 Å². The van der Waals surface area contributed by atoms with Crippen molar-refractivity contribution in [3.63, 3.8) is 0 Å². The van der Waals surface area contributed by atoms with Gasteiger partial charge in [-0.15, -0.1) is 0 Å². The van der Waals surface area contributed by atoms with E-state index in [0.717, 1.165) is 17.2 Å². The van der Waals surface area contributed by atoms with Crippen molar-refractivity contribution in [3.05, 3.63) is 60.7 Å². The van der Waals surface area contributed by atoms with Crippen molar-refractivity contribution in [2.75, 3.05) is 24.0 Å². The predicted octanol–water partition coefficient (Wildman–Crippen LogP) is 4.40. The lowest BCUT2D eigenvalue weighted by Gasteiger charge is -2.38. The van der Waals surface area contributed by atoms with Crippen LogP contribution in [0.2, 0.25) is 0 Å². The summed E-state index contributed by atoms with van der Waals surface area (Å²) in [5.74, 6) is 0.902. The van der Waals surface area contributed by atoms with E-state index in [2.05, 4.69) is 48.6 Å². The van der Waals surface area contributed by atoms with Gasteiger partial charge >= 0.3 is 0 Å². The molecule has 0 aromatic heterocycles. The smallest absolute Gasteiger partial charge is 0.300 e. The molecule has 2 aromatic carbocycles. The van der Waals surface area contributed by atoms with E-state index in [-0.39, 0.29) is 12.1 Å². The fourth-order valence-corrected chi connectivity index (χ4v) is 3.07. The molecule has 1 heterocycles. The predicted molar refractivity (Wildman–Crippen MR) is 127 cm³/mol. The molecular formula is C23H32N7+.